The van der Waals surface area contributed by atoms with E-state index in [9.17, 15) is 4.79 Å². The second-order valence-electron chi connectivity index (χ2n) is 7.03. The molecule has 0 spiro atoms. The summed E-state index contributed by atoms with van der Waals surface area (Å²) in [5.41, 5.74) is 8.57. The van der Waals surface area contributed by atoms with Crippen LogP contribution in [0.3, 0.4) is 0 Å². The van der Waals surface area contributed by atoms with Crippen molar-refractivity contribution in [2.24, 2.45) is 17.6 Å². The summed E-state index contributed by atoms with van der Waals surface area (Å²) < 4.78 is 0. The molecule has 0 aliphatic heterocycles. The van der Waals surface area contributed by atoms with Gasteiger partial charge in [0.05, 0.1) is 5.54 Å². The highest BCUT2D eigenvalue weighted by Crippen LogP contribution is 2.39. The third kappa shape index (κ3) is 3.82. The van der Waals surface area contributed by atoms with Crippen molar-refractivity contribution >= 4 is 18.3 Å². The molecule has 1 aromatic rings. The molecule has 3 nitrogen and oxygen atoms in total. The van der Waals surface area contributed by atoms with E-state index in [0.29, 0.717) is 24.8 Å². The van der Waals surface area contributed by atoms with E-state index < -0.39 is 0 Å². The van der Waals surface area contributed by atoms with Gasteiger partial charge in [0, 0.05) is 13.0 Å². The number of aryl methyl sites for hydroxylation is 1. The highest BCUT2D eigenvalue weighted by atomic mass is 35.5. The van der Waals surface area contributed by atoms with Crippen LogP contribution in [0.4, 0.5) is 0 Å². The summed E-state index contributed by atoms with van der Waals surface area (Å²) in [5, 5.41) is 3.21. The molecule has 0 radical (unpaired) electrons. The van der Waals surface area contributed by atoms with E-state index in [4.69, 9.17) is 5.73 Å². The number of hydrogen-bond donors (Lipinski definition) is 2. The van der Waals surface area contributed by atoms with E-state index >= 15 is 0 Å². The molecular weight excluding hydrogens is 296 g/mol. The summed E-state index contributed by atoms with van der Waals surface area (Å²) in [4.78, 5) is 12.4. The molecule has 4 heteroatoms. The second kappa shape index (κ2) is 7.01. The Labute approximate surface area is 139 Å². The van der Waals surface area contributed by atoms with E-state index in [1.54, 1.807) is 0 Å². The molecule has 2 aliphatic rings. The topological polar surface area (TPSA) is 55.1 Å². The van der Waals surface area contributed by atoms with Crippen LogP contribution in [0.2, 0.25) is 0 Å². The van der Waals surface area contributed by atoms with Gasteiger partial charge in [-0.25, -0.2) is 0 Å². The molecule has 3 N–H and O–H groups in total. The molecule has 0 saturated heterocycles. The van der Waals surface area contributed by atoms with Crippen molar-refractivity contribution < 1.29 is 4.79 Å². The van der Waals surface area contributed by atoms with Crippen molar-refractivity contribution in [1.82, 2.24) is 5.32 Å². The molecule has 22 heavy (non-hydrogen) atoms. The minimum Gasteiger partial charge on any atom is -0.349 e. The summed E-state index contributed by atoms with van der Waals surface area (Å²) in [7, 11) is 0. The van der Waals surface area contributed by atoms with Gasteiger partial charge in [-0.15, -0.1) is 12.4 Å². The number of nitrogens with two attached hydrogens (primary N) is 1. The summed E-state index contributed by atoms with van der Waals surface area (Å²) in [5.74, 6) is 1.24. The van der Waals surface area contributed by atoms with Crippen molar-refractivity contribution in [3.05, 3.63) is 35.4 Å². The predicted molar refractivity (Wildman–Crippen MR) is 92.1 cm³/mol. The van der Waals surface area contributed by atoms with Gasteiger partial charge in [0.2, 0.25) is 5.91 Å². The lowest BCUT2D eigenvalue weighted by atomic mass is 9.82. The number of amides is 1. The zero-order valence-corrected chi connectivity index (χ0v) is 14.1. The van der Waals surface area contributed by atoms with Gasteiger partial charge in [-0.2, -0.15) is 0 Å². The largest absolute Gasteiger partial charge is 0.349 e. The Bertz CT molecular complexity index is 530. The highest BCUT2D eigenvalue weighted by Gasteiger charge is 2.41. The van der Waals surface area contributed by atoms with Crippen LogP contribution in [-0.4, -0.2) is 18.0 Å². The van der Waals surface area contributed by atoms with Crippen LogP contribution >= 0.6 is 12.4 Å². The third-order valence-electron chi connectivity index (χ3n) is 5.25. The molecule has 2 unspecified atom stereocenters. The highest BCUT2D eigenvalue weighted by molar-refractivity contribution is 5.85. The monoisotopic (exact) mass is 322 g/mol. The summed E-state index contributed by atoms with van der Waals surface area (Å²) in [6.07, 6.45) is 6.29. The predicted octanol–water partition coefficient (Wildman–Crippen LogP) is 2.85. The van der Waals surface area contributed by atoms with Crippen LogP contribution in [0.1, 0.15) is 43.7 Å². The standard InChI is InChI=1S/C18H26N2O.ClH/c1-18(12-19,16-8-9-16)20-17(21)11-13-6-7-14-4-2-3-5-15(14)10-13;/h2-5,13,16H,6-12,19H2,1H3,(H,20,21);1H. The number of halogens is 1. The van der Waals surface area contributed by atoms with Crippen molar-refractivity contribution in [1.29, 1.82) is 0 Å². The first-order valence-corrected chi connectivity index (χ1v) is 8.18. The van der Waals surface area contributed by atoms with E-state index in [0.717, 1.165) is 19.3 Å². The number of benzene rings is 1. The molecule has 2 atom stereocenters. The van der Waals surface area contributed by atoms with Gasteiger partial charge in [0.25, 0.3) is 0 Å². The van der Waals surface area contributed by atoms with Crippen molar-refractivity contribution in [2.45, 2.75) is 51.0 Å². The summed E-state index contributed by atoms with van der Waals surface area (Å²) in [6, 6.07) is 8.62. The van der Waals surface area contributed by atoms with E-state index in [-0.39, 0.29) is 23.9 Å². The van der Waals surface area contributed by atoms with Crippen LogP contribution in [0.5, 0.6) is 0 Å². The number of fused-ring (bicyclic) bond motifs is 1. The van der Waals surface area contributed by atoms with Gasteiger partial charge in [-0.1, -0.05) is 24.3 Å². The fourth-order valence-electron chi connectivity index (χ4n) is 3.62. The first-order valence-electron chi connectivity index (χ1n) is 8.18. The number of hydrogen-bond acceptors (Lipinski definition) is 2. The second-order valence-corrected chi connectivity index (χ2v) is 7.03. The van der Waals surface area contributed by atoms with Crippen LogP contribution < -0.4 is 11.1 Å². The van der Waals surface area contributed by atoms with Gasteiger partial charge in [-0.3, -0.25) is 4.79 Å². The average molecular weight is 323 g/mol. The Balaban J connectivity index is 0.00000176. The van der Waals surface area contributed by atoms with E-state index in [1.165, 1.54) is 24.0 Å². The summed E-state index contributed by atoms with van der Waals surface area (Å²) in [6.45, 7) is 2.63. The van der Waals surface area contributed by atoms with Gasteiger partial charge in [0.1, 0.15) is 0 Å². The zero-order valence-electron chi connectivity index (χ0n) is 13.3. The maximum atomic E-state index is 12.4. The molecule has 2 aliphatic carbocycles. The summed E-state index contributed by atoms with van der Waals surface area (Å²) >= 11 is 0. The molecule has 1 amide bonds. The molecule has 1 saturated carbocycles. The zero-order chi connectivity index (χ0) is 14.9. The maximum Gasteiger partial charge on any atom is 0.220 e. The molecule has 0 aromatic heterocycles. The van der Waals surface area contributed by atoms with Crippen LogP contribution in [0.15, 0.2) is 24.3 Å². The maximum absolute atomic E-state index is 12.4. The van der Waals surface area contributed by atoms with E-state index in [2.05, 4.69) is 36.5 Å². The van der Waals surface area contributed by atoms with E-state index in [1.807, 2.05) is 0 Å². The van der Waals surface area contributed by atoms with Gasteiger partial charge in [0.15, 0.2) is 0 Å². The smallest absolute Gasteiger partial charge is 0.220 e. The van der Waals surface area contributed by atoms with Crippen molar-refractivity contribution in [3.8, 4) is 0 Å². The first kappa shape index (κ1) is 17.3. The number of rotatable bonds is 5. The number of carbonyl (C=O) groups is 1. The Kier molecular flexibility index (Phi) is 5.51. The Morgan fingerprint density at radius 2 is 1.95 bits per heavy atom. The van der Waals surface area contributed by atoms with Gasteiger partial charge < -0.3 is 11.1 Å². The number of nitrogens with one attached hydrogen (secondary N) is 1. The first-order chi connectivity index (χ1) is 10.1. The Hall–Kier alpha value is -1.06. The number of carbonyl (C=O) groups excluding carboxylic acids is 1. The quantitative estimate of drug-likeness (QED) is 0.875. The lowest BCUT2D eigenvalue weighted by Crippen LogP contribution is -2.53. The average Bonchev–Trinajstić information content (AvgIpc) is 3.32. The normalized spacial score (nSPS) is 22.9. The minimum absolute atomic E-state index is 0. The molecule has 1 fully saturated rings. The Morgan fingerprint density at radius 1 is 1.27 bits per heavy atom. The van der Waals surface area contributed by atoms with Crippen molar-refractivity contribution in [2.75, 3.05) is 6.54 Å². The lowest BCUT2D eigenvalue weighted by Gasteiger charge is -2.31. The molecule has 1 aromatic carbocycles. The van der Waals surface area contributed by atoms with Crippen LogP contribution in [0, 0.1) is 11.8 Å². The Morgan fingerprint density at radius 3 is 2.59 bits per heavy atom. The fraction of sp³-hybridized carbons (Fsp3) is 0.611. The van der Waals surface area contributed by atoms with Gasteiger partial charge in [-0.05, 0) is 62.0 Å². The molecule has 122 valence electrons. The molecule has 0 heterocycles. The minimum atomic E-state index is -0.191. The van der Waals surface area contributed by atoms with Gasteiger partial charge >= 0.3 is 0 Å². The molecule has 3 rings (SSSR count). The lowest BCUT2D eigenvalue weighted by molar-refractivity contribution is -0.124. The third-order valence-corrected chi connectivity index (χ3v) is 5.25. The molecule has 0 bridgehead atoms. The van der Waals surface area contributed by atoms with Crippen LogP contribution in [0.25, 0.3) is 0 Å². The SMILES string of the molecule is CC(CN)(NC(=O)CC1CCc2ccccc2C1)C1CC1.Cl. The van der Waals surface area contributed by atoms with Crippen molar-refractivity contribution in [3.63, 3.8) is 0 Å². The fourth-order valence-corrected chi connectivity index (χ4v) is 3.62. The van der Waals surface area contributed by atoms with Crippen LogP contribution in [-0.2, 0) is 17.6 Å². The molecular formula is C18H27ClN2O.